The number of alkyl halides is 3. The van der Waals surface area contributed by atoms with Gasteiger partial charge in [0.2, 0.25) is 0 Å². The molecule has 0 radical (unpaired) electrons. The van der Waals surface area contributed by atoms with Gasteiger partial charge in [0.15, 0.2) is 0 Å². The highest BCUT2D eigenvalue weighted by molar-refractivity contribution is 5.94. The highest BCUT2D eigenvalue weighted by Gasteiger charge is 2.29. The van der Waals surface area contributed by atoms with Crippen molar-refractivity contribution in [3.05, 3.63) is 89.5 Å². The van der Waals surface area contributed by atoms with Gasteiger partial charge in [-0.1, -0.05) is 69.3 Å². The lowest BCUT2D eigenvalue weighted by atomic mass is 9.86. The molecule has 1 N–H and O–H groups in total. The highest BCUT2D eigenvalue weighted by Crippen LogP contribution is 2.33. The summed E-state index contributed by atoms with van der Waals surface area (Å²) < 4.78 is 49.7. The first-order valence-electron chi connectivity index (χ1n) is 12.7. The van der Waals surface area contributed by atoms with Crippen LogP contribution in [0.4, 0.5) is 13.2 Å². The van der Waals surface area contributed by atoms with Crippen molar-refractivity contribution in [2.45, 2.75) is 57.7 Å². The molecule has 0 saturated carbocycles. The lowest BCUT2D eigenvalue weighted by Crippen LogP contribution is -2.26. The number of rotatable bonds is 10. The quantitative estimate of drug-likeness (QED) is 0.272. The summed E-state index contributed by atoms with van der Waals surface area (Å²) in [4.78, 5) is 23.5. The smallest absolute Gasteiger partial charge is 0.389 e. The maximum Gasteiger partial charge on any atom is 0.389 e. The average molecular weight is 542 g/mol. The van der Waals surface area contributed by atoms with Crippen LogP contribution in [-0.2, 0) is 14.9 Å². The molecule has 0 aromatic heterocycles. The van der Waals surface area contributed by atoms with E-state index in [1.165, 1.54) is 24.8 Å². The van der Waals surface area contributed by atoms with E-state index >= 15 is 0 Å². The molecule has 0 heterocycles. The van der Waals surface area contributed by atoms with E-state index in [0.29, 0.717) is 16.9 Å². The number of amides is 1. The van der Waals surface area contributed by atoms with Gasteiger partial charge in [-0.3, -0.25) is 9.59 Å². The highest BCUT2D eigenvalue weighted by atomic mass is 19.4. The Morgan fingerprint density at radius 2 is 1.41 bits per heavy atom. The number of methoxy groups -OCH3 is 1. The zero-order valence-corrected chi connectivity index (χ0v) is 22.6. The standard InChI is InChI=1S/C31H34F3NO4/c1-30(2,3)25-13-9-21(10-14-25)22-11-15-26(16-12-22)39-27(17-19-31(32,33)34)23-5-7-24(8-6-23)29(37)35-20-18-28(36)38-4/h5-16,27H,17-20H2,1-4H3,(H,35,37). The Bertz CT molecular complexity index is 1230. The Morgan fingerprint density at radius 3 is 1.92 bits per heavy atom. The van der Waals surface area contributed by atoms with E-state index in [9.17, 15) is 22.8 Å². The fourth-order valence-electron chi connectivity index (χ4n) is 3.97. The summed E-state index contributed by atoms with van der Waals surface area (Å²) >= 11 is 0. The molecule has 0 fully saturated rings. The fourth-order valence-corrected chi connectivity index (χ4v) is 3.97. The van der Waals surface area contributed by atoms with Gasteiger partial charge in [0.1, 0.15) is 11.9 Å². The van der Waals surface area contributed by atoms with Crippen molar-refractivity contribution in [1.29, 1.82) is 0 Å². The van der Waals surface area contributed by atoms with Gasteiger partial charge in [0.05, 0.1) is 13.5 Å². The predicted molar refractivity (Wildman–Crippen MR) is 145 cm³/mol. The molecule has 0 aliphatic carbocycles. The van der Waals surface area contributed by atoms with E-state index in [1.807, 2.05) is 12.1 Å². The van der Waals surface area contributed by atoms with Crippen LogP contribution in [0.5, 0.6) is 5.75 Å². The van der Waals surface area contributed by atoms with Crippen molar-refractivity contribution in [1.82, 2.24) is 5.32 Å². The normalized spacial score (nSPS) is 12.5. The molecule has 39 heavy (non-hydrogen) atoms. The van der Waals surface area contributed by atoms with Crippen LogP contribution < -0.4 is 10.1 Å². The van der Waals surface area contributed by atoms with E-state index in [4.69, 9.17) is 4.74 Å². The van der Waals surface area contributed by atoms with Crippen LogP contribution in [0.3, 0.4) is 0 Å². The van der Waals surface area contributed by atoms with Crippen LogP contribution in [0.25, 0.3) is 11.1 Å². The molecule has 0 spiro atoms. The van der Waals surface area contributed by atoms with Crippen LogP contribution in [0.2, 0.25) is 0 Å². The van der Waals surface area contributed by atoms with E-state index in [2.05, 4.69) is 55.1 Å². The number of carbonyl (C=O) groups excluding carboxylic acids is 2. The third-order valence-electron chi connectivity index (χ3n) is 6.29. The third-order valence-corrected chi connectivity index (χ3v) is 6.29. The first kappa shape index (κ1) is 29.7. The summed E-state index contributed by atoms with van der Waals surface area (Å²) in [6, 6.07) is 21.8. The number of esters is 1. The average Bonchev–Trinajstić information content (AvgIpc) is 2.90. The van der Waals surface area contributed by atoms with Crippen LogP contribution in [0.1, 0.15) is 67.6 Å². The van der Waals surface area contributed by atoms with Crippen molar-refractivity contribution in [3.63, 3.8) is 0 Å². The van der Waals surface area contributed by atoms with Crippen LogP contribution in [0.15, 0.2) is 72.8 Å². The second kappa shape index (κ2) is 12.8. The number of ether oxygens (including phenoxy) is 2. The van der Waals surface area contributed by atoms with Gasteiger partial charge in [0, 0.05) is 18.5 Å². The number of carbonyl (C=O) groups is 2. The summed E-state index contributed by atoms with van der Waals surface area (Å²) in [5, 5.41) is 2.61. The fraction of sp³-hybridized carbons (Fsp3) is 0.355. The van der Waals surface area contributed by atoms with Crippen molar-refractivity contribution < 1.29 is 32.2 Å². The van der Waals surface area contributed by atoms with E-state index in [0.717, 1.165) is 11.1 Å². The minimum absolute atomic E-state index is 0.0364. The minimum Gasteiger partial charge on any atom is -0.486 e. The van der Waals surface area contributed by atoms with Crippen molar-refractivity contribution >= 4 is 11.9 Å². The molecule has 5 nitrogen and oxygen atoms in total. The molecular weight excluding hydrogens is 507 g/mol. The molecule has 1 amide bonds. The lowest BCUT2D eigenvalue weighted by Gasteiger charge is -2.21. The van der Waals surface area contributed by atoms with Crippen LogP contribution in [-0.4, -0.2) is 31.7 Å². The Hall–Kier alpha value is -3.81. The van der Waals surface area contributed by atoms with Gasteiger partial charge >= 0.3 is 12.1 Å². The first-order valence-corrected chi connectivity index (χ1v) is 12.7. The number of hydrogen-bond donors (Lipinski definition) is 1. The molecule has 1 unspecified atom stereocenters. The van der Waals surface area contributed by atoms with Gasteiger partial charge in [-0.05, 0) is 58.4 Å². The monoisotopic (exact) mass is 541 g/mol. The maximum absolute atomic E-state index is 13.0. The van der Waals surface area contributed by atoms with Crippen LogP contribution >= 0.6 is 0 Å². The molecule has 0 aliphatic rings. The zero-order chi connectivity index (χ0) is 28.6. The first-order chi connectivity index (χ1) is 18.4. The molecule has 0 aliphatic heterocycles. The Kier molecular flexibility index (Phi) is 9.78. The van der Waals surface area contributed by atoms with Gasteiger partial charge < -0.3 is 14.8 Å². The number of hydrogen-bond acceptors (Lipinski definition) is 4. The zero-order valence-electron chi connectivity index (χ0n) is 22.6. The maximum atomic E-state index is 13.0. The summed E-state index contributed by atoms with van der Waals surface area (Å²) in [6.07, 6.45) is -6.44. The minimum atomic E-state index is -4.33. The predicted octanol–water partition coefficient (Wildman–Crippen LogP) is 7.41. The number of benzene rings is 3. The molecule has 0 saturated heterocycles. The summed E-state index contributed by atoms with van der Waals surface area (Å²) in [5.41, 5.74) is 4.12. The SMILES string of the molecule is COC(=O)CCNC(=O)c1ccc(C(CCC(F)(F)F)Oc2ccc(-c3ccc(C(C)(C)C)cc3)cc2)cc1. The molecule has 0 bridgehead atoms. The Morgan fingerprint density at radius 1 is 0.846 bits per heavy atom. The Balaban J connectivity index is 1.72. The second-order valence-corrected chi connectivity index (χ2v) is 10.3. The molecule has 3 rings (SSSR count). The van der Waals surface area contributed by atoms with Gasteiger partial charge in [-0.2, -0.15) is 13.2 Å². The summed E-state index contributed by atoms with van der Waals surface area (Å²) in [6.45, 7) is 6.57. The van der Waals surface area contributed by atoms with Crippen LogP contribution in [0, 0.1) is 0 Å². The second-order valence-electron chi connectivity index (χ2n) is 10.3. The summed E-state index contributed by atoms with van der Waals surface area (Å²) in [5.74, 6) is -0.395. The molecule has 3 aromatic carbocycles. The van der Waals surface area contributed by atoms with Gasteiger partial charge in [0.25, 0.3) is 5.91 Å². The largest absolute Gasteiger partial charge is 0.486 e. The molecule has 208 valence electrons. The molecule has 8 heteroatoms. The van der Waals surface area contributed by atoms with Crippen molar-refractivity contribution in [3.8, 4) is 16.9 Å². The topological polar surface area (TPSA) is 64.6 Å². The van der Waals surface area contributed by atoms with Crippen molar-refractivity contribution in [2.75, 3.05) is 13.7 Å². The van der Waals surface area contributed by atoms with E-state index in [-0.39, 0.29) is 24.8 Å². The molecule has 3 aromatic rings. The van der Waals surface area contributed by atoms with Gasteiger partial charge in [-0.25, -0.2) is 0 Å². The molecular formula is C31H34F3NO4. The van der Waals surface area contributed by atoms with E-state index < -0.39 is 30.6 Å². The number of halogens is 3. The summed E-state index contributed by atoms with van der Waals surface area (Å²) in [7, 11) is 1.26. The molecule has 1 atom stereocenters. The Labute approximate surface area is 227 Å². The van der Waals surface area contributed by atoms with Crippen molar-refractivity contribution in [2.24, 2.45) is 0 Å². The number of nitrogens with one attached hydrogen (secondary N) is 1. The third kappa shape index (κ3) is 9.16. The lowest BCUT2D eigenvalue weighted by molar-refractivity contribution is -0.140. The van der Waals surface area contributed by atoms with E-state index in [1.54, 1.807) is 24.3 Å². The van der Waals surface area contributed by atoms with Gasteiger partial charge in [-0.15, -0.1) is 0 Å².